The third-order valence-electron chi connectivity index (χ3n) is 5.07. The highest BCUT2D eigenvalue weighted by molar-refractivity contribution is 6.08. The summed E-state index contributed by atoms with van der Waals surface area (Å²) >= 11 is 0. The summed E-state index contributed by atoms with van der Waals surface area (Å²) in [4.78, 5) is 35.9. The molecule has 1 aliphatic heterocycles. The van der Waals surface area contributed by atoms with Crippen molar-refractivity contribution < 1.29 is 9.59 Å². The van der Waals surface area contributed by atoms with E-state index in [0.29, 0.717) is 5.82 Å². The molecule has 3 aromatic rings. The van der Waals surface area contributed by atoms with Gasteiger partial charge in [-0.05, 0) is 25.5 Å². The normalized spacial score (nSPS) is 20.2. The second kappa shape index (κ2) is 6.02. The van der Waals surface area contributed by atoms with E-state index in [0.717, 1.165) is 22.2 Å². The fourth-order valence-electron chi connectivity index (χ4n) is 3.58. The summed E-state index contributed by atoms with van der Waals surface area (Å²) in [5, 5.41) is 0.976. The first-order valence-electron chi connectivity index (χ1n) is 8.61. The molecule has 4 rings (SSSR count). The van der Waals surface area contributed by atoms with Crippen LogP contribution in [0.25, 0.3) is 10.9 Å². The van der Waals surface area contributed by atoms with Crippen molar-refractivity contribution in [2.45, 2.75) is 32.2 Å². The summed E-state index contributed by atoms with van der Waals surface area (Å²) in [6, 6.07) is 17.2. The monoisotopic (exact) mass is 345 g/mol. The zero-order valence-electron chi connectivity index (χ0n) is 14.8. The predicted octanol–water partition coefficient (Wildman–Crippen LogP) is 3.16. The molecule has 1 aromatic heterocycles. The quantitative estimate of drug-likeness (QED) is 0.684. The number of hydrogen-bond acceptors (Lipinski definition) is 4. The zero-order chi connectivity index (χ0) is 18.3. The first-order chi connectivity index (χ1) is 12.5. The molecule has 0 bridgehead atoms. The van der Waals surface area contributed by atoms with Gasteiger partial charge in [0.1, 0.15) is 5.82 Å². The summed E-state index contributed by atoms with van der Waals surface area (Å²) in [7, 11) is 0. The van der Waals surface area contributed by atoms with Crippen LogP contribution >= 0.6 is 0 Å². The van der Waals surface area contributed by atoms with Gasteiger partial charge >= 0.3 is 0 Å². The number of likely N-dealkylation sites (tertiary alicyclic amines) is 1. The number of benzene rings is 2. The molecular formula is C21H19N3O2. The van der Waals surface area contributed by atoms with Crippen LogP contribution in [0.15, 0.2) is 54.6 Å². The summed E-state index contributed by atoms with van der Waals surface area (Å²) in [5.41, 5.74) is 1.69. The Kier molecular flexibility index (Phi) is 3.80. The van der Waals surface area contributed by atoms with Gasteiger partial charge < -0.3 is 0 Å². The van der Waals surface area contributed by atoms with Crippen molar-refractivity contribution in [2.75, 3.05) is 0 Å². The fourth-order valence-corrected chi connectivity index (χ4v) is 3.58. The SMILES string of the molecule is Cc1nc(CN2C(=O)C[C@](C)(c3ccccc3)C2=O)nc2ccccc12. The first kappa shape index (κ1) is 16.4. The van der Waals surface area contributed by atoms with E-state index in [9.17, 15) is 9.59 Å². The van der Waals surface area contributed by atoms with Crippen molar-refractivity contribution in [2.24, 2.45) is 0 Å². The molecule has 1 aliphatic rings. The van der Waals surface area contributed by atoms with Gasteiger partial charge in [-0.25, -0.2) is 9.97 Å². The smallest absolute Gasteiger partial charge is 0.240 e. The van der Waals surface area contributed by atoms with Crippen molar-refractivity contribution in [3.8, 4) is 0 Å². The van der Waals surface area contributed by atoms with E-state index >= 15 is 0 Å². The Morgan fingerprint density at radius 2 is 1.69 bits per heavy atom. The average molecular weight is 345 g/mol. The standard InChI is InChI=1S/C21H19N3O2/c1-14-16-10-6-7-11-17(16)23-18(22-14)13-24-19(25)12-21(2,20(24)26)15-8-4-3-5-9-15/h3-11H,12-13H2,1-2H3/t21-/m1/s1. The van der Waals surface area contributed by atoms with Crippen molar-refractivity contribution in [3.05, 3.63) is 71.7 Å². The van der Waals surface area contributed by atoms with Crippen LogP contribution in [-0.4, -0.2) is 26.7 Å². The number of rotatable bonds is 3. The highest BCUT2D eigenvalue weighted by Gasteiger charge is 2.49. The van der Waals surface area contributed by atoms with Crippen molar-refractivity contribution in [1.82, 2.24) is 14.9 Å². The van der Waals surface area contributed by atoms with Crippen LogP contribution in [0.5, 0.6) is 0 Å². The lowest BCUT2D eigenvalue weighted by Crippen LogP contribution is -2.36. The van der Waals surface area contributed by atoms with E-state index < -0.39 is 5.41 Å². The molecule has 1 fully saturated rings. The van der Waals surface area contributed by atoms with Crippen LogP contribution in [0.3, 0.4) is 0 Å². The van der Waals surface area contributed by atoms with E-state index in [1.807, 2.05) is 68.4 Å². The molecule has 0 saturated carbocycles. The second-order valence-electron chi connectivity index (χ2n) is 6.90. The van der Waals surface area contributed by atoms with Crippen LogP contribution in [0.2, 0.25) is 0 Å². The maximum atomic E-state index is 13.0. The van der Waals surface area contributed by atoms with E-state index in [-0.39, 0.29) is 24.8 Å². The minimum Gasteiger partial charge on any atom is -0.274 e. The Bertz CT molecular complexity index is 1020. The number of carbonyl (C=O) groups excluding carboxylic acids is 2. The van der Waals surface area contributed by atoms with E-state index in [4.69, 9.17) is 0 Å². The third-order valence-corrected chi connectivity index (χ3v) is 5.07. The van der Waals surface area contributed by atoms with E-state index in [2.05, 4.69) is 9.97 Å². The van der Waals surface area contributed by atoms with Gasteiger partial charge in [0.2, 0.25) is 11.8 Å². The number of aryl methyl sites for hydroxylation is 1. The maximum Gasteiger partial charge on any atom is 0.240 e. The summed E-state index contributed by atoms with van der Waals surface area (Å²) in [6.07, 6.45) is 0.169. The number of fused-ring (bicyclic) bond motifs is 1. The lowest BCUT2D eigenvalue weighted by molar-refractivity contribution is -0.140. The van der Waals surface area contributed by atoms with Crippen molar-refractivity contribution in [3.63, 3.8) is 0 Å². The molecule has 1 atom stereocenters. The van der Waals surface area contributed by atoms with E-state index in [1.54, 1.807) is 0 Å². The van der Waals surface area contributed by atoms with Crippen LogP contribution in [0.1, 0.15) is 30.4 Å². The lowest BCUT2D eigenvalue weighted by atomic mass is 9.81. The van der Waals surface area contributed by atoms with Gasteiger partial charge in [0, 0.05) is 17.5 Å². The van der Waals surface area contributed by atoms with Gasteiger partial charge in [0.05, 0.1) is 17.5 Å². The minimum atomic E-state index is -0.829. The van der Waals surface area contributed by atoms with Crippen LogP contribution < -0.4 is 0 Å². The van der Waals surface area contributed by atoms with Gasteiger partial charge in [0.25, 0.3) is 0 Å². The molecule has 0 radical (unpaired) electrons. The number of para-hydroxylation sites is 1. The van der Waals surface area contributed by atoms with Gasteiger partial charge in [-0.2, -0.15) is 0 Å². The molecule has 2 heterocycles. The van der Waals surface area contributed by atoms with Crippen LogP contribution in [-0.2, 0) is 21.5 Å². The van der Waals surface area contributed by atoms with Crippen LogP contribution in [0.4, 0.5) is 0 Å². The third kappa shape index (κ3) is 2.56. The molecule has 1 saturated heterocycles. The molecule has 2 aromatic carbocycles. The Labute approximate surface area is 151 Å². The average Bonchev–Trinajstić information content (AvgIpc) is 2.87. The topological polar surface area (TPSA) is 63.2 Å². The Hall–Kier alpha value is -3.08. The molecule has 0 N–H and O–H groups in total. The lowest BCUT2D eigenvalue weighted by Gasteiger charge is -2.22. The Balaban J connectivity index is 1.67. The molecular weight excluding hydrogens is 326 g/mol. The summed E-state index contributed by atoms with van der Waals surface area (Å²) < 4.78 is 0. The van der Waals surface area contributed by atoms with Gasteiger partial charge in [-0.15, -0.1) is 0 Å². The zero-order valence-corrected chi connectivity index (χ0v) is 14.8. The molecule has 5 nitrogen and oxygen atoms in total. The van der Waals surface area contributed by atoms with Crippen molar-refractivity contribution in [1.29, 1.82) is 0 Å². The van der Waals surface area contributed by atoms with Gasteiger partial charge in [0.15, 0.2) is 0 Å². The minimum absolute atomic E-state index is 0.103. The highest BCUT2D eigenvalue weighted by Crippen LogP contribution is 2.36. The molecule has 5 heteroatoms. The molecule has 0 unspecified atom stereocenters. The molecule has 130 valence electrons. The number of carbonyl (C=O) groups is 2. The molecule has 2 amide bonds. The largest absolute Gasteiger partial charge is 0.274 e. The number of nitrogens with zero attached hydrogens (tertiary/aromatic N) is 3. The van der Waals surface area contributed by atoms with Crippen LogP contribution in [0, 0.1) is 6.92 Å². The fraction of sp³-hybridized carbons (Fsp3) is 0.238. The Morgan fingerprint density at radius 3 is 2.46 bits per heavy atom. The number of hydrogen-bond donors (Lipinski definition) is 0. The number of aromatic nitrogens is 2. The molecule has 0 aliphatic carbocycles. The summed E-state index contributed by atoms with van der Waals surface area (Å²) in [5.74, 6) is 0.110. The van der Waals surface area contributed by atoms with E-state index in [1.165, 1.54) is 4.90 Å². The second-order valence-corrected chi connectivity index (χ2v) is 6.90. The molecule has 0 spiro atoms. The molecule has 26 heavy (non-hydrogen) atoms. The Morgan fingerprint density at radius 1 is 1.00 bits per heavy atom. The van der Waals surface area contributed by atoms with Crippen molar-refractivity contribution >= 4 is 22.7 Å². The number of imide groups is 1. The highest BCUT2D eigenvalue weighted by atomic mass is 16.2. The summed E-state index contributed by atoms with van der Waals surface area (Å²) in [6.45, 7) is 3.84. The van der Waals surface area contributed by atoms with Gasteiger partial charge in [-0.1, -0.05) is 48.5 Å². The maximum absolute atomic E-state index is 13.0. The van der Waals surface area contributed by atoms with Gasteiger partial charge in [-0.3, -0.25) is 14.5 Å². The number of amides is 2. The predicted molar refractivity (Wildman–Crippen MR) is 98.2 cm³/mol. The first-order valence-corrected chi connectivity index (χ1v) is 8.61.